The maximum absolute atomic E-state index is 11.8. The van der Waals surface area contributed by atoms with Gasteiger partial charge in [0.15, 0.2) is 0 Å². The Bertz CT molecular complexity index is 886. The van der Waals surface area contributed by atoms with Gasteiger partial charge >= 0.3 is 5.97 Å². The second kappa shape index (κ2) is 11.9. The lowest BCUT2D eigenvalue weighted by Gasteiger charge is -2.43. The Morgan fingerprint density at radius 2 is 1.65 bits per heavy atom. The van der Waals surface area contributed by atoms with Gasteiger partial charge < -0.3 is 23.4 Å². The lowest BCUT2D eigenvalue weighted by molar-refractivity contribution is -0.137. The summed E-state index contributed by atoms with van der Waals surface area (Å²) in [7, 11) is -1.09. The molecule has 0 aliphatic carbocycles. The first-order valence-electron chi connectivity index (χ1n) is 11.7. The van der Waals surface area contributed by atoms with Crippen LogP contribution in [0, 0.1) is 0 Å². The third-order valence-corrected chi connectivity index (χ3v) is 10.9. The van der Waals surface area contributed by atoms with Crippen molar-refractivity contribution in [1.82, 2.24) is 0 Å². The predicted molar refractivity (Wildman–Crippen MR) is 135 cm³/mol. The molecule has 2 aromatic carbocycles. The van der Waals surface area contributed by atoms with E-state index in [2.05, 4.69) is 69.3 Å². The third kappa shape index (κ3) is 6.23. The van der Waals surface area contributed by atoms with E-state index in [0.29, 0.717) is 13.2 Å². The second-order valence-corrected chi connectivity index (χ2v) is 13.6. The number of epoxide rings is 1. The van der Waals surface area contributed by atoms with Crippen LogP contribution in [-0.2, 0) is 28.2 Å². The highest BCUT2D eigenvalue weighted by molar-refractivity contribution is 6.99. The molecule has 1 aliphatic heterocycles. The van der Waals surface area contributed by atoms with Gasteiger partial charge in [-0.3, -0.25) is 0 Å². The van der Waals surface area contributed by atoms with Crippen LogP contribution in [-0.4, -0.2) is 59.7 Å². The van der Waals surface area contributed by atoms with Gasteiger partial charge in [0.1, 0.15) is 25.1 Å². The first-order valence-corrected chi connectivity index (χ1v) is 13.6. The van der Waals surface area contributed by atoms with E-state index in [0.717, 1.165) is 0 Å². The summed E-state index contributed by atoms with van der Waals surface area (Å²) < 4.78 is 28.7. The number of ether oxygens (including phenoxy) is 4. The molecule has 1 heterocycles. The van der Waals surface area contributed by atoms with E-state index in [-0.39, 0.29) is 24.0 Å². The van der Waals surface area contributed by atoms with Crippen molar-refractivity contribution in [1.29, 1.82) is 0 Å². The maximum Gasteiger partial charge on any atom is 0.330 e. The van der Waals surface area contributed by atoms with E-state index >= 15 is 0 Å². The minimum atomic E-state index is -2.65. The third-order valence-electron chi connectivity index (χ3n) is 5.91. The molecular formula is C27H36O6Si. The molecule has 1 aliphatic rings. The van der Waals surface area contributed by atoms with Gasteiger partial charge in [0.25, 0.3) is 8.32 Å². The monoisotopic (exact) mass is 484 g/mol. The van der Waals surface area contributed by atoms with Gasteiger partial charge in [-0.15, -0.1) is 0 Å². The zero-order chi connectivity index (χ0) is 24.6. The molecule has 184 valence electrons. The fraction of sp³-hybridized carbons (Fsp3) is 0.444. The zero-order valence-electron chi connectivity index (χ0n) is 20.7. The Hall–Kier alpha value is -2.29. The second-order valence-electron chi connectivity index (χ2n) is 9.26. The molecular weight excluding hydrogens is 448 g/mol. The first-order chi connectivity index (χ1) is 16.3. The van der Waals surface area contributed by atoms with Gasteiger partial charge in [0.2, 0.25) is 0 Å². The Morgan fingerprint density at radius 1 is 1.06 bits per heavy atom. The van der Waals surface area contributed by atoms with E-state index in [9.17, 15) is 4.79 Å². The molecule has 2 aromatic rings. The van der Waals surface area contributed by atoms with Crippen molar-refractivity contribution >= 4 is 24.7 Å². The molecule has 1 fully saturated rings. The van der Waals surface area contributed by atoms with Crippen molar-refractivity contribution in [2.45, 2.75) is 51.0 Å². The highest BCUT2D eigenvalue weighted by Gasteiger charge is 2.53. The Labute approximate surface area is 204 Å². The predicted octanol–water partition coefficient (Wildman–Crippen LogP) is 3.44. The Balaban J connectivity index is 1.82. The molecule has 0 N–H and O–H groups in total. The molecule has 0 aromatic heterocycles. The summed E-state index contributed by atoms with van der Waals surface area (Å²) in [5.74, 6) is -0.408. The van der Waals surface area contributed by atoms with Crippen LogP contribution in [0.5, 0.6) is 0 Å². The van der Waals surface area contributed by atoms with Crippen molar-refractivity contribution in [2.24, 2.45) is 0 Å². The standard InChI is InChI=1S/C27H36O6Si/c1-6-30-25(28)18-17-23(31-20-29-5)26-24(33-26)19-32-34(27(2,3)4,21-13-9-7-10-14-21)22-15-11-8-12-16-22/h7-18,23-24,26H,6,19-20H2,1-5H3/b18-17-/t23-,24+,26-/m0/s1. The van der Waals surface area contributed by atoms with Crippen molar-refractivity contribution in [3.8, 4) is 0 Å². The quantitative estimate of drug-likeness (QED) is 0.151. The molecule has 6 nitrogen and oxygen atoms in total. The molecule has 7 heteroatoms. The van der Waals surface area contributed by atoms with Crippen LogP contribution in [0.1, 0.15) is 27.7 Å². The Morgan fingerprint density at radius 3 is 2.15 bits per heavy atom. The van der Waals surface area contributed by atoms with Crippen molar-refractivity contribution in [3.05, 3.63) is 72.8 Å². The van der Waals surface area contributed by atoms with Crippen LogP contribution >= 0.6 is 0 Å². The maximum atomic E-state index is 11.8. The Kier molecular flexibility index (Phi) is 9.22. The lowest BCUT2D eigenvalue weighted by atomic mass is 10.2. The molecule has 0 spiro atoms. The molecule has 0 amide bonds. The number of rotatable bonds is 12. The first kappa shape index (κ1) is 26.3. The zero-order valence-corrected chi connectivity index (χ0v) is 21.7. The number of hydrogen-bond donors (Lipinski definition) is 0. The van der Waals surface area contributed by atoms with Gasteiger partial charge in [0, 0.05) is 13.2 Å². The number of hydrogen-bond acceptors (Lipinski definition) is 6. The summed E-state index contributed by atoms with van der Waals surface area (Å²) in [6.07, 6.45) is 2.25. The van der Waals surface area contributed by atoms with Gasteiger partial charge in [-0.1, -0.05) is 81.4 Å². The van der Waals surface area contributed by atoms with Crippen LogP contribution < -0.4 is 10.4 Å². The number of carbonyl (C=O) groups is 1. The fourth-order valence-corrected chi connectivity index (χ4v) is 8.89. The van der Waals surface area contributed by atoms with E-state index in [1.807, 2.05) is 12.1 Å². The largest absolute Gasteiger partial charge is 0.463 e. The van der Waals surface area contributed by atoms with Crippen molar-refractivity contribution < 1.29 is 28.2 Å². The van der Waals surface area contributed by atoms with Crippen LogP contribution in [0.15, 0.2) is 72.8 Å². The van der Waals surface area contributed by atoms with Gasteiger partial charge in [0.05, 0.1) is 13.2 Å². The summed E-state index contributed by atoms with van der Waals surface area (Å²) in [6, 6.07) is 21.0. The molecule has 0 radical (unpaired) electrons. The van der Waals surface area contributed by atoms with Gasteiger partial charge in [-0.05, 0) is 28.4 Å². The SMILES string of the molecule is CCOC(=O)/C=C\[C@H](OCOC)[C@@H]1O[C@@H]1CO[Si](c1ccccc1)(c1ccccc1)C(C)(C)C. The fourth-order valence-electron chi connectivity index (χ4n) is 4.32. The minimum Gasteiger partial charge on any atom is -0.463 e. The summed E-state index contributed by atoms with van der Waals surface area (Å²) in [4.78, 5) is 11.8. The lowest BCUT2D eigenvalue weighted by Crippen LogP contribution is -2.66. The topological polar surface area (TPSA) is 66.5 Å². The average Bonchev–Trinajstić information content (AvgIpc) is 3.60. The molecule has 0 bridgehead atoms. The van der Waals surface area contributed by atoms with Crippen LogP contribution in [0.3, 0.4) is 0 Å². The van der Waals surface area contributed by atoms with E-state index in [1.165, 1.54) is 16.4 Å². The van der Waals surface area contributed by atoms with E-state index in [4.69, 9.17) is 23.4 Å². The van der Waals surface area contributed by atoms with Crippen molar-refractivity contribution in [2.75, 3.05) is 27.1 Å². The van der Waals surface area contributed by atoms with Gasteiger partial charge in [-0.2, -0.15) is 0 Å². The molecule has 3 rings (SSSR count). The average molecular weight is 485 g/mol. The van der Waals surface area contributed by atoms with E-state index < -0.39 is 20.4 Å². The highest BCUT2D eigenvalue weighted by atomic mass is 28.4. The molecule has 34 heavy (non-hydrogen) atoms. The normalized spacial score (nSPS) is 19.2. The number of carbonyl (C=O) groups excluding carboxylic acids is 1. The summed E-state index contributed by atoms with van der Waals surface area (Å²) in [6.45, 7) is 9.36. The smallest absolute Gasteiger partial charge is 0.330 e. The molecule has 0 unspecified atom stereocenters. The molecule has 0 saturated carbocycles. The number of esters is 1. The number of benzene rings is 2. The number of methoxy groups -OCH3 is 1. The highest BCUT2D eigenvalue weighted by Crippen LogP contribution is 2.38. The van der Waals surface area contributed by atoms with E-state index in [1.54, 1.807) is 20.1 Å². The molecule has 3 atom stereocenters. The van der Waals surface area contributed by atoms with Crippen LogP contribution in [0.25, 0.3) is 0 Å². The summed E-state index contributed by atoms with van der Waals surface area (Å²) in [5.41, 5.74) is 0. The summed E-state index contributed by atoms with van der Waals surface area (Å²) >= 11 is 0. The van der Waals surface area contributed by atoms with Crippen LogP contribution in [0.4, 0.5) is 0 Å². The molecule has 1 saturated heterocycles. The van der Waals surface area contributed by atoms with Crippen molar-refractivity contribution in [3.63, 3.8) is 0 Å². The minimum absolute atomic E-state index is 0.0972. The summed E-state index contributed by atoms with van der Waals surface area (Å²) in [5, 5.41) is 2.33. The van der Waals surface area contributed by atoms with Gasteiger partial charge in [-0.25, -0.2) is 4.79 Å². The van der Waals surface area contributed by atoms with Crippen LogP contribution in [0.2, 0.25) is 5.04 Å².